The van der Waals surface area contributed by atoms with E-state index in [2.05, 4.69) is 52.7 Å². The second kappa shape index (κ2) is 16.1. The van der Waals surface area contributed by atoms with Crippen molar-refractivity contribution >= 4 is 40.5 Å². The van der Waals surface area contributed by atoms with Crippen LogP contribution in [-0.2, 0) is 27.3 Å². The van der Waals surface area contributed by atoms with Gasteiger partial charge in [-0.25, -0.2) is 0 Å². The van der Waals surface area contributed by atoms with Gasteiger partial charge in [0, 0.05) is 61.7 Å². The van der Waals surface area contributed by atoms with Crippen LogP contribution < -0.4 is 14.4 Å². The molecule has 1 N–H and O–H groups in total. The number of carbonyl (C=O) groups excluding carboxylic acids is 2. The predicted octanol–water partition coefficient (Wildman–Crippen LogP) is 5.84. The Bertz CT molecular complexity index is 1610. The molecule has 276 valence electrons. The van der Waals surface area contributed by atoms with Crippen molar-refractivity contribution in [1.82, 2.24) is 14.5 Å². The lowest BCUT2D eigenvalue weighted by atomic mass is 9.66. The van der Waals surface area contributed by atoms with E-state index in [1.807, 2.05) is 30.0 Å². The van der Waals surface area contributed by atoms with Gasteiger partial charge in [-0.05, 0) is 91.8 Å². The summed E-state index contributed by atoms with van der Waals surface area (Å²) in [5.41, 5.74) is 3.95. The van der Waals surface area contributed by atoms with Gasteiger partial charge in [-0.3, -0.25) is 14.5 Å². The number of morpholine rings is 1. The highest BCUT2D eigenvalue weighted by molar-refractivity contribution is 7.90. The second-order valence-corrected chi connectivity index (χ2v) is 17.4. The number of piperazine rings is 1. The molecule has 7 rings (SSSR count). The number of nitrogens with zero attached hydrogens (tertiary/aromatic N) is 3. The lowest BCUT2D eigenvalue weighted by Gasteiger charge is -2.48. The van der Waals surface area contributed by atoms with Crippen molar-refractivity contribution in [3.63, 3.8) is 0 Å². The van der Waals surface area contributed by atoms with Crippen LogP contribution in [0.5, 0.6) is 5.75 Å². The van der Waals surface area contributed by atoms with Crippen LogP contribution in [0.25, 0.3) is 0 Å². The van der Waals surface area contributed by atoms with Gasteiger partial charge < -0.3 is 23.8 Å². The maximum Gasteiger partial charge on any atom is 0.292 e. The molecule has 5 aliphatic rings. The Morgan fingerprint density at radius 1 is 1.04 bits per heavy atom. The van der Waals surface area contributed by atoms with Gasteiger partial charge >= 0.3 is 0 Å². The van der Waals surface area contributed by atoms with Crippen molar-refractivity contribution in [3.05, 3.63) is 70.3 Å². The highest BCUT2D eigenvalue weighted by Gasteiger charge is 2.41. The first kappa shape index (κ1) is 36.6. The first-order valence-electron chi connectivity index (χ1n) is 19.0. The fourth-order valence-corrected chi connectivity index (χ4v) is 10.0. The first-order chi connectivity index (χ1) is 24.7. The van der Waals surface area contributed by atoms with E-state index in [0.29, 0.717) is 36.5 Å². The van der Waals surface area contributed by atoms with Gasteiger partial charge in [-0.1, -0.05) is 50.1 Å². The molecule has 9 nitrogen and oxygen atoms in total. The zero-order valence-corrected chi connectivity index (χ0v) is 31.8. The summed E-state index contributed by atoms with van der Waals surface area (Å²) in [4.78, 5) is 33.0. The second-order valence-electron chi connectivity index (χ2n) is 15.4. The summed E-state index contributed by atoms with van der Waals surface area (Å²) in [6.45, 7) is 12.6. The molecule has 1 aliphatic carbocycles. The molecule has 51 heavy (non-hydrogen) atoms. The van der Waals surface area contributed by atoms with Gasteiger partial charge in [0.2, 0.25) is 5.91 Å². The Morgan fingerprint density at radius 2 is 1.90 bits per heavy atom. The van der Waals surface area contributed by atoms with E-state index in [1.165, 1.54) is 17.5 Å². The number of hydrogen-bond acceptors (Lipinski definition) is 7. The number of aryl methyl sites for hydroxylation is 1. The van der Waals surface area contributed by atoms with Gasteiger partial charge in [0.25, 0.3) is 5.91 Å². The fourth-order valence-electron chi connectivity index (χ4n) is 8.80. The van der Waals surface area contributed by atoms with Crippen LogP contribution in [-0.4, -0.2) is 96.5 Å². The van der Waals surface area contributed by atoms with E-state index in [1.54, 1.807) is 6.07 Å². The smallest absolute Gasteiger partial charge is 0.292 e. The molecule has 8 unspecified atom stereocenters. The number of amides is 2. The third-order valence-corrected chi connectivity index (χ3v) is 13.9. The number of rotatable bonds is 5. The Labute approximate surface area is 311 Å². The largest absolute Gasteiger partial charge is 0.593 e. The van der Waals surface area contributed by atoms with Crippen molar-refractivity contribution in [2.75, 3.05) is 64.0 Å². The SMILES string of the molecule is CCCc1cc(Cl)ccc1C1COc2ccc3cc2N(C1)CC1CCC1C(CN1CCN2C(=O)COCC2C1)/C=C/CC(C)C(C)[S+]([O-])NC3=O. The molecule has 2 aromatic rings. The molecule has 3 fully saturated rings. The van der Waals surface area contributed by atoms with Crippen molar-refractivity contribution in [1.29, 1.82) is 0 Å². The number of nitrogens with one attached hydrogen (secondary N) is 1. The van der Waals surface area contributed by atoms with Crippen LogP contribution in [0.2, 0.25) is 5.02 Å². The van der Waals surface area contributed by atoms with Crippen molar-refractivity contribution in [2.24, 2.45) is 23.7 Å². The Kier molecular flexibility index (Phi) is 11.5. The molecule has 2 amide bonds. The third kappa shape index (κ3) is 8.10. The lowest BCUT2D eigenvalue weighted by Crippen LogP contribution is -2.61. The number of ether oxygens (including phenoxy) is 2. The number of allylic oxidation sites excluding steroid dienone is 1. The van der Waals surface area contributed by atoms with E-state index in [4.69, 9.17) is 21.1 Å². The van der Waals surface area contributed by atoms with Gasteiger partial charge in [0.05, 0.1) is 36.3 Å². The summed E-state index contributed by atoms with van der Waals surface area (Å²) in [6, 6.07) is 12.0. The number of anilines is 1. The molecular weight excluding hydrogens is 684 g/mol. The van der Waals surface area contributed by atoms with Gasteiger partial charge in [-0.2, -0.15) is 4.72 Å². The molecule has 1 saturated carbocycles. The van der Waals surface area contributed by atoms with Crippen LogP contribution in [0, 0.1) is 23.7 Å². The highest BCUT2D eigenvalue weighted by Crippen LogP contribution is 2.45. The molecule has 4 heterocycles. The number of benzene rings is 2. The Hall–Kier alpha value is -2.76. The topological polar surface area (TPSA) is 97.4 Å². The fraction of sp³-hybridized carbons (Fsp3) is 0.600. The molecule has 11 heteroatoms. The minimum atomic E-state index is -1.53. The van der Waals surface area contributed by atoms with Crippen molar-refractivity contribution in [2.45, 2.75) is 70.1 Å². The molecule has 2 saturated heterocycles. The number of carbonyl (C=O) groups is 2. The molecule has 8 atom stereocenters. The summed E-state index contributed by atoms with van der Waals surface area (Å²) >= 11 is 4.95. The average Bonchev–Trinajstić information content (AvgIpc) is 3.28. The van der Waals surface area contributed by atoms with Gasteiger partial charge in [-0.15, -0.1) is 0 Å². The molecule has 2 aromatic carbocycles. The Morgan fingerprint density at radius 3 is 2.71 bits per heavy atom. The van der Waals surface area contributed by atoms with Crippen molar-refractivity contribution in [3.8, 4) is 5.75 Å². The average molecular weight is 737 g/mol. The maximum absolute atomic E-state index is 13.5. The molecule has 0 radical (unpaired) electrons. The number of fused-ring (bicyclic) bond motifs is 3. The van der Waals surface area contributed by atoms with Gasteiger partial charge in [0.1, 0.15) is 17.6 Å². The minimum absolute atomic E-state index is 0.106. The summed E-state index contributed by atoms with van der Waals surface area (Å²) in [5.74, 6) is 2.14. The minimum Gasteiger partial charge on any atom is -0.593 e. The van der Waals surface area contributed by atoms with E-state index < -0.39 is 11.4 Å². The lowest BCUT2D eigenvalue weighted by molar-refractivity contribution is -0.152. The van der Waals surface area contributed by atoms with Crippen LogP contribution in [0.15, 0.2) is 48.6 Å². The summed E-state index contributed by atoms with van der Waals surface area (Å²) in [5, 5.41) is 0.540. The maximum atomic E-state index is 13.5. The molecule has 4 aliphatic heterocycles. The van der Waals surface area contributed by atoms with Gasteiger partial charge in [0.15, 0.2) is 0 Å². The van der Waals surface area contributed by atoms with Crippen LogP contribution in [0.4, 0.5) is 5.69 Å². The summed E-state index contributed by atoms with van der Waals surface area (Å²) < 4.78 is 28.4. The summed E-state index contributed by atoms with van der Waals surface area (Å²) in [6.07, 6.45) is 9.81. The molecular formula is C40H53ClN4O5S. The van der Waals surface area contributed by atoms with E-state index in [0.717, 1.165) is 81.4 Å². The quantitative estimate of drug-likeness (QED) is 0.305. The van der Waals surface area contributed by atoms with E-state index in [9.17, 15) is 14.1 Å². The zero-order chi connectivity index (χ0) is 35.6. The number of halogens is 1. The van der Waals surface area contributed by atoms with E-state index >= 15 is 0 Å². The molecule has 2 bridgehead atoms. The first-order valence-corrected chi connectivity index (χ1v) is 20.6. The normalized spacial score (nSPS) is 32.5. The Balaban J connectivity index is 1.20. The van der Waals surface area contributed by atoms with Crippen molar-refractivity contribution < 1.29 is 23.6 Å². The van der Waals surface area contributed by atoms with Crippen LogP contribution >= 0.6 is 11.6 Å². The highest BCUT2D eigenvalue weighted by atomic mass is 35.5. The molecule has 0 aromatic heterocycles. The standard InChI is InChI=1S/C40H53ClN4O5S/c1-4-6-28-17-33(41)11-13-35(28)32-21-44-20-31-9-12-36(31)30(19-43-15-16-45-34(22-43)24-49-25-39(45)46)8-5-7-26(2)27(3)51(48)42-40(47)29-10-14-38(50-23-32)37(44)18-29/h5,8,10-11,13-14,17-18,26-27,30-32,34,36H,4,6-7,9,12,15-16,19-25H2,1-3H3,(H,42,47)/b8-5+. The predicted molar refractivity (Wildman–Crippen MR) is 203 cm³/mol. The third-order valence-electron chi connectivity index (χ3n) is 12.1. The monoisotopic (exact) mass is 736 g/mol. The van der Waals surface area contributed by atoms with Crippen LogP contribution in [0.1, 0.15) is 73.9 Å². The zero-order valence-electron chi connectivity index (χ0n) is 30.2. The number of hydrogen-bond donors (Lipinski definition) is 1. The summed E-state index contributed by atoms with van der Waals surface area (Å²) in [7, 11) is 0. The molecule has 0 spiro atoms. The van der Waals surface area contributed by atoms with Crippen LogP contribution in [0.3, 0.4) is 0 Å². The van der Waals surface area contributed by atoms with E-state index in [-0.39, 0.29) is 41.5 Å².